The lowest BCUT2D eigenvalue weighted by molar-refractivity contribution is 0.0753. The molecule has 1 aromatic carbocycles. The molecule has 1 aliphatic heterocycles. The van der Waals surface area contributed by atoms with Crippen LogP contribution in [-0.2, 0) is 10.0 Å². The molecule has 2 heterocycles. The van der Waals surface area contributed by atoms with Gasteiger partial charge < -0.3 is 14.7 Å². The molecule has 0 unspecified atom stereocenters. The van der Waals surface area contributed by atoms with Crippen LogP contribution in [-0.4, -0.2) is 73.1 Å². The van der Waals surface area contributed by atoms with Crippen LogP contribution in [0.15, 0.2) is 47.6 Å². The third kappa shape index (κ3) is 5.26. The predicted octanol–water partition coefficient (Wildman–Crippen LogP) is 2.86. The summed E-state index contributed by atoms with van der Waals surface area (Å²) in [5, 5.41) is 9.74. The molecular formula is C23H33N3O4S. The molecule has 3 rings (SSSR count). The Morgan fingerprint density at radius 2 is 1.97 bits per heavy atom. The Bertz CT molecular complexity index is 968. The van der Waals surface area contributed by atoms with Crippen LogP contribution < -0.4 is 4.74 Å². The van der Waals surface area contributed by atoms with Crippen LogP contribution in [0, 0.1) is 5.92 Å². The molecule has 0 amide bonds. The zero-order chi connectivity index (χ0) is 22.6. The highest BCUT2D eigenvalue weighted by Crippen LogP contribution is 2.36. The second-order valence-corrected chi connectivity index (χ2v) is 10.3. The van der Waals surface area contributed by atoms with Crippen molar-refractivity contribution in [2.75, 3.05) is 33.3 Å². The second-order valence-electron chi connectivity index (χ2n) is 8.40. The molecule has 0 spiro atoms. The summed E-state index contributed by atoms with van der Waals surface area (Å²) in [6.07, 6.45) is 4.26. The first-order valence-corrected chi connectivity index (χ1v) is 12.2. The molecule has 31 heavy (non-hydrogen) atoms. The third-order valence-electron chi connectivity index (χ3n) is 5.78. The Morgan fingerprint density at radius 3 is 2.61 bits per heavy atom. The predicted molar refractivity (Wildman–Crippen MR) is 121 cm³/mol. The molecule has 0 radical (unpaired) electrons. The molecule has 1 N–H and O–H groups in total. The lowest BCUT2D eigenvalue weighted by Gasteiger charge is -2.37. The average Bonchev–Trinajstić information content (AvgIpc) is 2.76. The normalized spacial score (nSPS) is 22.3. The van der Waals surface area contributed by atoms with Crippen molar-refractivity contribution >= 4 is 10.0 Å². The molecule has 0 saturated heterocycles. The van der Waals surface area contributed by atoms with Crippen molar-refractivity contribution < 1.29 is 18.3 Å². The number of ether oxygens (including phenoxy) is 1. The number of aliphatic hydroxyl groups excluding tert-OH is 1. The van der Waals surface area contributed by atoms with Crippen LogP contribution in [0.1, 0.15) is 27.2 Å². The monoisotopic (exact) mass is 447 g/mol. The Kier molecular flexibility index (Phi) is 7.69. The van der Waals surface area contributed by atoms with E-state index < -0.39 is 16.1 Å². The van der Waals surface area contributed by atoms with Gasteiger partial charge in [-0.05, 0) is 62.3 Å². The quantitative estimate of drug-likeness (QED) is 0.703. The number of benzene rings is 1. The van der Waals surface area contributed by atoms with E-state index in [9.17, 15) is 13.5 Å². The van der Waals surface area contributed by atoms with Gasteiger partial charge in [0, 0.05) is 37.4 Å². The molecule has 0 bridgehead atoms. The summed E-state index contributed by atoms with van der Waals surface area (Å²) in [7, 11) is -1.77. The first-order chi connectivity index (χ1) is 14.8. The maximum atomic E-state index is 13.5. The van der Waals surface area contributed by atoms with E-state index in [-0.39, 0.29) is 23.5 Å². The number of nitrogens with zero attached hydrogens (tertiary/aromatic N) is 3. The highest BCUT2D eigenvalue weighted by atomic mass is 32.2. The van der Waals surface area contributed by atoms with Crippen molar-refractivity contribution in [2.24, 2.45) is 5.92 Å². The molecule has 3 atom stereocenters. The number of rotatable bonds is 7. The standard InChI is InChI=1S/C23H33N3O4S/c1-5-12-25(4)15-22-17(2)14-26(18(3)16-27)31(28,29)23-7-6-20(13-21(23)30-22)19-8-10-24-11-9-19/h6-11,13,17-18,22,27H,5,12,14-16H2,1-4H3/t17-,18-,22-/m1/s1. The number of pyridine rings is 1. The van der Waals surface area contributed by atoms with Gasteiger partial charge >= 0.3 is 0 Å². The highest BCUT2D eigenvalue weighted by Gasteiger charge is 2.38. The molecule has 170 valence electrons. The molecule has 0 fully saturated rings. The Hall–Kier alpha value is -2.00. The van der Waals surface area contributed by atoms with Gasteiger partial charge in [0.25, 0.3) is 0 Å². The van der Waals surface area contributed by atoms with Gasteiger partial charge in [-0.2, -0.15) is 4.31 Å². The van der Waals surface area contributed by atoms with E-state index >= 15 is 0 Å². The summed E-state index contributed by atoms with van der Waals surface area (Å²) < 4.78 is 34.8. The van der Waals surface area contributed by atoms with Gasteiger partial charge in [0.05, 0.1) is 6.61 Å². The number of aliphatic hydroxyl groups is 1. The highest BCUT2D eigenvalue weighted by molar-refractivity contribution is 7.89. The van der Waals surface area contributed by atoms with E-state index in [0.717, 1.165) is 24.1 Å². The number of hydrogen-bond acceptors (Lipinski definition) is 6. The minimum atomic E-state index is -3.83. The third-order valence-corrected chi connectivity index (χ3v) is 7.80. The second kappa shape index (κ2) is 10.1. The number of likely N-dealkylation sites (N-methyl/N-ethyl adjacent to an activating group) is 1. The minimum absolute atomic E-state index is 0.0548. The van der Waals surface area contributed by atoms with Gasteiger partial charge in [-0.1, -0.05) is 19.9 Å². The largest absolute Gasteiger partial charge is 0.487 e. The van der Waals surface area contributed by atoms with E-state index in [0.29, 0.717) is 18.8 Å². The van der Waals surface area contributed by atoms with Gasteiger partial charge in [0.15, 0.2) is 0 Å². The van der Waals surface area contributed by atoms with Crippen molar-refractivity contribution in [3.63, 3.8) is 0 Å². The molecular weight excluding hydrogens is 414 g/mol. The van der Waals surface area contributed by atoms with Crippen molar-refractivity contribution in [1.29, 1.82) is 0 Å². The van der Waals surface area contributed by atoms with Gasteiger partial charge in [0.1, 0.15) is 16.7 Å². The Labute approximate surface area is 185 Å². The minimum Gasteiger partial charge on any atom is -0.487 e. The molecule has 1 aromatic heterocycles. The summed E-state index contributed by atoms with van der Waals surface area (Å²) in [6.45, 7) is 7.55. The van der Waals surface area contributed by atoms with Gasteiger partial charge in [0.2, 0.25) is 10.0 Å². The van der Waals surface area contributed by atoms with Crippen LogP contribution in [0.3, 0.4) is 0 Å². The van der Waals surface area contributed by atoms with Crippen LogP contribution in [0.5, 0.6) is 5.75 Å². The van der Waals surface area contributed by atoms with E-state index in [2.05, 4.69) is 23.9 Å². The Morgan fingerprint density at radius 1 is 1.26 bits per heavy atom. The first kappa shape index (κ1) is 23.7. The number of aromatic nitrogens is 1. The van der Waals surface area contributed by atoms with Crippen LogP contribution >= 0.6 is 0 Å². The number of fused-ring (bicyclic) bond motifs is 1. The average molecular weight is 448 g/mol. The first-order valence-electron chi connectivity index (χ1n) is 10.8. The zero-order valence-corrected chi connectivity index (χ0v) is 19.5. The molecule has 8 heteroatoms. The van der Waals surface area contributed by atoms with Crippen LogP contribution in [0.2, 0.25) is 0 Å². The summed E-state index contributed by atoms with van der Waals surface area (Å²) in [6, 6.07) is 8.45. The topological polar surface area (TPSA) is 83.0 Å². The summed E-state index contributed by atoms with van der Waals surface area (Å²) >= 11 is 0. The fourth-order valence-electron chi connectivity index (χ4n) is 3.95. The maximum Gasteiger partial charge on any atom is 0.247 e. The fourth-order valence-corrected chi connectivity index (χ4v) is 5.77. The summed E-state index contributed by atoms with van der Waals surface area (Å²) in [4.78, 5) is 6.41. The van der Waals surface area contributed by atoms with Crippen LogP contribution in [0.25, 0.3) is 11.1 Å². The zero-order valence-electron chi connectivity index (χ0n) is 18.7. The van der Waals surface area contributed by atoms with Gasteiger partial charge in [-0.15, -0.1) is 0 Å². The molecule has 2 aromatic rings. The molecule has 0 saturated carbocycles. The SMILES string of the molecule is CCCN(C)C[C@H]1Oc2cc(-c3ccncc3)ccc2S(=O)(=O)N([C@H](C)CO)C[C@H]1C. The number of sulfonamides is 1. The summed E-state index contributed by atoms with van der Waals surface area (Å²) in [5.41, 5.74) is 1.81. The van der Waals surface area contributed by atoms with Crippen molar-refractivity contribution in [3.05, 3.63) is 42.7 Å². The Balaban J connectivity index is 2.10. The summed E-state index contributed by atoms with van der Waals surface area (Å²) in [5.74, 6) is 0.298. The molecule has 0 aliphatic carbocycles. The molecule has 1 aliphatic rings. The van der Waals surface area contributed by atoms with E-state index in [1.54, 1.807) is 37.5 Å². The fraction of sp³-hybridized carbons (Fsp3) is 0.522. The number of hydrogen-bond donors (Lipinski definition) is 1. The van der Waals surface area contributed by atoms with Gasteiger partial charge in [-0.3, -0.25) is 4.98 Å². The smallest absolute Gasteiger partial charge is 0.247 e. The maximum absolute atomic E-state index is 13.5. The van der Waals surface area contributed by atoms with Crippen molar-refractivity contribution in [2.45, 2.75) is 44.2 Å². The van der Waals surface area contributed by atoms with E-state index in [1.165, 1.54) is 4.31 Å². The van der Waals surface area contributed by atoms with Crippen molar-refractivity contribution in [3.8, 4) is 16.9 Å². The van der Waals surface area contributed by atoms with Gasteiger partial charge in [-0.25, -0.2) is 8.42 Å². The van der Waals surface area contributed by atoms with Crippen LogP contribution in [0.4, 0.5) is 0 Å². The molecule has 7 nitrogen and oxygen atoms in total. The van der Waals surface area contributed by atoms with E-state index in [1.807, 2.05) is 19.1 Å². The lowest BCUT2D eigenvalue weighted by Crippen LogP contribution is -2.49. The van der Waals surface area contributed by atoms with Crippen molar-refractivity contribution in [1.82, 2.24) is 14.2 Å². The lowest BCUT2D eigenvalue weighted by atomic mass is 10.0. The van der Waals surface area contributed by atoms with E-state index in [4.69, 9.17) is 4.74 Å².